The summed E-state index contributed by atoms with van der Waals surface area (Å²) in [7, 11) is 0. The van der Waals surface area contributed by atoms with Crippen molar-refractivity contribution in [2.45, 2.75) is 54.1 Å². The van der Waals surface area contributed by atoms with Crippen LogP contribution < -0.4 is 5.32 Å². The molecule has 0 saturated heterocycles. The van der Waals surface area contributed by atoms with E-state index in [0.717, 1.165) is 18.8 Å². The molecule has 0 radical (unpaired) electrons. The molecule has 3 nitrogen and oxygen atoms in total. The lowest BCUT2D eigenvalue weighted by Gasteiger charge is -2.22. The van der Waals surface area contributed by atoms with Crippen LogP contribution in [-0.4, -0.2) is 22.4 Å². The van der Waals surface area contributed by atoms with Crippen molar-refractivity contribution in [3.05, 3.63) is 17.0 Å². The fourth-order valence-electron chi connectivity index (χ4n) is 1.92. The average molecular weight is 223 g/mol. The van der Waals surface area contributed by atoms with Crippen LogP contribution in [0.25, 0.3) is 0 Å². The first kappa shape index (κ1) is 13.2. The topological polar surface area (TPSA) is 29.9 Å². The molecule has 0 amide bonds. The van der Waals surface area contributed by atoms with E-state index in [-0.39, 0.29) is 0 Å². The van der Waals surface area contributed by atoms with E-state index in [1.54, 1.807) is 0 Å². The lowest BCUT2D eigenvalue weighted by Crippen LogP contribution is -2.38. The predicted octanol–water partition coefficient (Wildman–Crippen LogP) is 2.44. The minimum atomic E-state index is 0.502. The van der Waals surface area contributed by atoms with Gasteiger partial charge in [0, 0.05) is 11.7 Å². The number of hydrogen-bond acceptors (Lipinski definition) is 2. The van der Waals surface area contributed by atoms with Crippen molar-refractivity contribution in [1.82, 2.24) is 15.1 Å². The molecule has 1 aromatic heterocycles. The van der Waals surface area contributed by atoms with Crippen LogP contribution in [-0.2, 0) is 6.54 Å². The Morgan fingerprint density at radius 3 is 2.25 bits per heavy atom. The molecule has 0 bridgehead atoms. The first-order valence-corrected chi connectivity index (χ1v) is 6.21. The van der Waals surface area contributed by atoms with Crippen molar-refractivity contribution in [2.75, 3.05) is 6.54 Å². The second kappa shape index (κ2) is 5.48. The van der Waals surface area contributed by atoms with Gasteiger partial charge in [-0.05, 0) is 38.8 Å². The third kappa shape index (κ3) is 2.85. The fourth-order valence-corrected chi connectivity index (χ4v) is 1.92. The van der Waals surface area contributed by atoms with E-state index >= 15 is 0 Å². The lowest BCUT2D eigenvalue weighted by atomic mass is 10.0. The van der Waals surface area contributed by atoms with Gasteiger partial charge < -0.3 is 5.32 Å². The van der Waals surface area contributed by atoms with Crippen molar-refractivity contribution in [3.8, 4) is 0 Å². The lowest BCUT2D eigenvalue weighted by molar-refractivity contribution is 0.345. The van der Waals surface area contributed by atoms with Crippen molar-refractivity contribution < 1.29 is 0 Å². The summed E-state index contributed by atoms with van der Waals surface area (Å²) in [6.07, 6.45) is 0. The number of rotatable bonds is 5. The minimum Gasteiger partial charge on any atom is -0.312 e. The second-order valence-corrected chi connectivity index (χ2v) is 4.89. The summed E-state index contributed by atoms with van der Waals surface area (Å²) in [5, 5.41) is 8.12. The molecular formula is C13H25N3. The Bertz CT molecular complexity index is 339. The molecule has 0 aliphatic carbocycles. The smallest absolute Gasteiger partial charge is 0.0625 e. The Kier molecular flexibility index (Phi) is 4.54. The first-order valence-electron chi connectivity index (χ1n) is 6.21. The Morgan fingerprint density at radius 1 is 1.25 bits per heavy atom. The highest BCUT2D eigenvalue weighted by atomic mass is 15.3. The summed E-state index contributed by atoms with van der Waals surface area (Å²) >= 11 is 0. The van der Waals surface area contributed by atoms with Crippen molar-refractivity contribution in [3.63, 3.8) is 0 Å². The molecular weight excluding hydrogens is 198 g/mol. The SMILES string of the molecule is CCNC(Cn1nc(C)c(C)c1C)C(C)C. The number of aryl methyl sites for hydroxylation is 1. The van der Waals surface area contributed by atoms with Crippen LogP contribution in [0.5, 0.6) is 0 Å². The maximum Gasteiger partial charge on any atom is 0.0625 e. The highest BCUT2D eigenvalue weighted by Gasteiger charge is 2.15. The van der Waals surface area contributed by atoms with Gasteiger partial charge in [0.2, 0.25) is 0 Å². The number of nitrogens with one attached hydrogen (secondary N) is 1. The van der Waals surface area contributed by atoms with E-state index in [4.69, 9.17) is 0 Å². The molecule has 0 fully saturated rings. The van der Waals surface area contributed by atoms with Gasteiger partial charge in [-0.3, -0.25) is 4.68 Å². The standard InChI is InChI=1S/C13H25N3/c1-7-14-13(9(2)3)8-16-12(6)10(4)11(5)15-16/h9,13-14H,7-8H2,1-6H3. The van der Waals surface area contributed by atoms with E-state index in [9.17, 15) is 0 Å². The number of aromatic nitrogens is 2. The highest BCUT2D eigenvalue weighted by molar-refractivity contribution is 5.22. The van der Waals surface area contributed by atoms with Gasteiger partial charge in [0.05, 0.1) is 12.2 Å². The highest BCUT2D eigenvalue weighted by Crippen LogP contribution is 2.13. The zero-order valence-electron chi connectivity index (χ0n) is 11.5. The van der Waals surface area contributed by atoms with Crippen LogP contribution in [0.3, 0.4) is 0 Å². The molecule has 0 saturated carbocycles. The molecule has 0 spiro atoms. The molecule has 0 aromatic carbocycles. The number of likely N-dealkylation sites (N-methyl/N-ethyl adjacent to an activating group) is 1. The van der Waals surface area contributed by atoms with Crippen LogP contribution in [0.15, 0.2) is 0 Å². The Balaban J connectivity index is 2.81. The van der Waals surface area contributed by atoms with E-state index in [0.29, 0.717) is 12.0 Å². The van der Waals surface area contributed by atoms with Gasteiger partial charge in [-0.2, -0.15) is 5.10 Å². The molecule has 0 aliphatic rings. The molecule has 1 atom stereocenters. The Morgan fingerprint density at radius 2 is 1.88 bits per heavy atom. The van der Waals surface area contributed by atoms with Gasteiger partial charge in [-0.1, -0.05) is 20.8 Å². The second-order valence-electron chi connectivity index (χ2n) is 4.89. The maximum absolute atomic E-state index is 4.59. The summed E-state index contributed by atoms with van der Waals surface area (Å²) in [5.41, 5.74) is 3.76. The van der Waals surface area contributed by atoms with Crippen LogP contribution in [0.4, 0.5) is 0 Å². The van der Waals surface area contributed by atoms with Gasteiger partial charge in [0.15, 0.2) is 0 Å². The molecule has 1 rings (SSSR count). The fraction of sp³-hybridized carbons (Fsp3) is 0.769. The summed E-state index contributed by atoms with van der Waals surface area (Å²) in [5.74, 6) is 0.629. The third-order valence-electron chi connectivity index (χ3n) is 3.38. The normalized spacial score (nSPS) is 13.4. The molecule has 92 valence electrons. The Hall–Kier alpha value is -0.830. The van der Waals surface area contributed by atoms with E-state index in [1.165, 1.54) is 11.3 Å². The predicted molar refractivity (Wildman–Crippen MR) is 68.7 cm³/mol. The van der Waals surface area contributed by atoms with Crippen molar-refractivity contribution >= 4 is 0 Å². The summed E-state index contributed by atoms with van der Waals surface area (Å²) in [6.45, 7) is 15.0. The first-order chi connectivity index (χ1) is 7.47. The monoisotopic (exact) mass is 223 g/mol. The van der Waals surface area contributed by atoms with Crippen LogP contribution in [0.1, 0.15) is 37.7 Å². The summed E-state index contributed by atoms with van der Waals surface area (Å²) in [6, 6.07) is 0.502. The van der Waals surface area contributed by atoms with E-state index < -0.39 is 0 Å². The molecule has 3 heteroatoms. The largest absolute Gasteiger partial charge is 0.312 e. The van der Waals surface area contributed by atoms with Crippen LogP contribution >= 0.6 is 0 Å². The van der Waals surface area contributed by atoms with Gasteiger partial charge >= 0.3 is 0 Å². The van der Waals surface area contributed by atoms with Crippen molar-refractivity contribution in [2.24, 2.45) is 5.92 Å². The molecule has 1 heterocycles. The summed E-state index contributed by atoms with van der Waals surface area (Å²) < 4.78 is 2.14. The Labute approximate surface area is 99.2 Å². The third-order valence-corrected chi connectivity index (χ3v) is 3.38. The van der Waals surface area contributed by atoms with Gasteiger partial charge in [-0.15, -0.1) is 0 Å². The molecule has 0 aliphatic heterocycles. The zero-order valence-corrected chi connectivity index (χ0v) is 11.5. The maximum atomic E-state index is 4.59. The zero-order chi connectivity index (χ0) is 12.3. The molecule has 1 aromatic rings. The number of nitrogens with zero attached hydrogens (tertiary/aromatic N) is 2. The molecule has 1 unspecified atom stereocenters. The van der Waals surface area contributed by atoms with Crippen LogP contribution in [0.2, 0.25) is 0 Å². The van der Waals surface area contributed by atoms with Crippen molar-refractivity contribution in [1.29, 1.82) is 0 Å². The van der Waals surface area contributed by atoms with Gasteiger partial charge in [0.25, 0.3) is 0 Å². The average Bonchev–Trinajstić information content (AvgIpc) is 2.45. The van der Waals surface area contributed by atoms with E-state index in [2.05, 4.69) is 56.6 Å². The minimum absolute atomic E-state index is 0.502. The van der Waals surface area contributed by atoms with Crippen LogP contribution in [0, 0.1) is 26.7 Å². The van der Waals surface area contributed by atoms with Gasteiger partial charge in [-0.25, -0.2) is 0 Å². The summed E-state index contributed by atoms with van der Waals surface area (Å²) in [4.78, 5) is 0. The quantitative estimate of drug-likeness (QED) is 0.831. The number of hydrogen-bond donors (Lipinski definition) is 1. The molecule has 1 N–H and O–H groups in total. The molecule has 16 heavy (non-hydrogen) atoms. The van der Waals surface area contributed by atoms with Gasteiger partial charge in [0.1, 0.15) is 0 Å². The van der Waals surface area contributed by atoms with E-state index in [1.807, 2.05) is 0 Å².